The third kappa shape index (κ3) is 9.01. The smallest absolute Gasteiger partial charge is 0.343 e. The predicted octanol–water partition coefficient (Wildman–Crippen LogP) is 3.98. The number of carbonyl (C=O) groups is 5. The summed E-state index contributed by atoms with van der Waals surface area (Å²) in [6.45, 7) is -0.432. The molecule has 0 aliphatic carbocycles. The fourth-order valence-electron chi connectivity index (χ4n) is 5.58. The molecule has 1 aliphatic heterocycles. The molecule has 4 aromatic carbocycles. The second-order valence-electron chi connectivity index (χ2n) is 11.7. The van der Waals surface area contributed by atoms with E-state index in [4.69, 9.17) is 25.7 Å². The number of aryl methyl sites for hydroxylation is 1. The number of rotatable bonds is 12. The van der Waals surface area contributed by atoms with E-state index < -0.39 is 48.8 Å². The van der Waals surface area contributed by atoms with Crippen LogP contribution in [-0.2, 0) is 29.2 Å². The first-order valence-electron chi connectivity index (χ1n) is 15.9. The quantitative estimate of drug-likeness (QED) is 0.0606. The molecular formula is C37H34N4O11. The number of ether oxygens (including phenoxy) is 3. The van der Waals surface area contributed by atoms with Gasteiger partial charge in [0.1, 0.15) is 18.4 Å². The van der Waals surface area contributed by atoms with Crippen molar-refractivity contribution in [1.29, 1.82) is 0 Å². The molecule has 268 valence electrons. The number of para-hydroxylation sites is 1. The molecule has 0 fully saturated rings. The van der Waals surface area contributed by atoms with Crippen molar-refractivity contribution in [3.63, 3.8) is 0 Å². The van der Waals surface area contributed by atoms with Gasteiger partial charge in [0.15, 0.2) is 17.5 Å². The van der Waals surface area contributed by atoms with Gasteiger partial charge in [-0.1, -0.05) is 36.4 Å². The highest BCUT2D eigenvalue weighted by molar-refractivity contribution is 6.01. The summed E-state index contributed by atoms with van der Waals surface area (Å²) < 4.78 is 17.5. The van der Waals surface area contributed by atoms with Crippen LogP contribution in [0.5, 0.6) is 17.2 Å². The Morgan fingerprint density at radius 3 is 2.37 bits per heavy atom. The number of fused-ring (bicyclic) bond motifs is 2. The van der Waals surface area contributed by atoms with E-state index >= 15 is 0 Å². The van der Waals surface area contributed by atoms with Crippen LogP contribution in [0.4, 0.5) is 5.69 Å². The van der Waals surface area contributed by atoms with Crippen molar-refractivity contribution in [2.75, 3.05) is 6.61 Å². The first-order chi connectivity index (χ1) is 24.9. The van der Waals surface area contributed by atoms with E-state index in [1.165, 1.54) is 48.5 Å². The number of esters is 1. The lowest BCUT2D eigenvalue weighted by molar-refractivity contribution is -0.149. The van der Waals surface area contributed by atoms with Gasteiger partial charge in [0.2, 0.25) is 0 Å². The Bertz CT molecular complexity index is 2040. The number of aliphatic carboxylic acids is 2. The number of carboxylic acids is 3. The molecule has 0 bridgehead atoms. The predicted molar refractivity (Wildman–Crippen MR) is 185 cm³/mol. The van der Waals surface area contributed by atoms with Crippen LogP contribution in [0.25, 0.3) is 0 Å². The van der Waals surface area contributed by atoms with Crippen molar-refractivity contribution in [1.82, 2.24) is 4.90 Å². The Hall–Kier alpha value is -6.90. The third-order valence-corrected chi connectivity index (χ3v) is 7.92. The summed E-state index contributed by atoms with van der Waals surface area (Å²) in [7, 11) is 0. The second kappa shape index (κ2) is 16.2. The minimum absolute atomic E-state index is 0.0288. The fourth-order valence-corrected chi connectivity index (χ4v) is 5.58. The lowest BCUT2D eigenvalue weighted by Gasteiger charge is -2.29. The molecule has 5 rings (SSSR count). The Morgan fingerprint density at radius 1 is 0.904 bits per heavy atom. The number of hydrogen-bond acceptors (Lipinski definition) is 9. The minimum atomic E-state index is -1.91. The van der Waals surface area contributed by atoms with Crippen LogP contribution in [0.3, 0.4) is 0 Å². The first-order valence-corrected chi connectivity index (χ1v) is 15.9. The average Bonchev–Trinajstić information content (AvgIpc) is 3.10. The maximum absolute atomic E-state index is 14.4. The molecule has 7 N–H and O–H groups in total. The van der Waals surface area contributed by atoms with Crippen molar-refractivity contribution in [2.24, 2.45) is 16.5 Å². The van der Waals surface area contributed by atoms with E-state index in [0.29, 0.717) is 24.1 Å². The normalized spacial score (nSPS) is 12.8. The molecule has 15 nitrogen and oxygen atoms in total. The molecule has 1 heterocycles. The SMILES string of the molecule is NC(N)=Nc1ccc2c(c1)CCCOc1c(cccc1C(=O)N(Cc1cc(OCc3ccccc3)cc(C(=O)O)c1)C(CC(=O)O)C(=O)O)OC2=O. The topological polar surface area (TPSA) is 241 Å². The summed E-state index contributed by atoms with van der Waals surface area (Å²) in [4.78, 5) is 69.0. The largest absolute Gasteiger partial charge is 0.489 e. The summed E-state index contributed by atoms with van der Waals surface area (Å²) in [6.07, 6.45) is -0.285. The lowest BCUT2D eigenvalue weighted by Crippen LogP contribution is -2.46. The molecule has 52 heavy (non-hydrogen) atoms. The Morgan fingerprint density at radius 2 is 1.67 bits per heavy atom. The summed E-state index contributed by atoms with van der Waals surface area (Å²) in [5.74, 6) is -6.55. The maximum Gasteiger partial charge on any atom is 0.343 e. The van der Waals surface area contributed by atoms with Gasteiger partial charge in [-0.15, -0.1) is 0 Å². The van der Waals surface area contributed by atoms with Gasteiger partial charge in [-0.05, 0) is 78.1 Å². The molecule has 1 amide bonds. The number of hydrogen-bond donors (Lipinski definition) is 5. The second-order valence-corrected chi connectivity index (χ2v) is 11.7. The van der Waals surface area contributed by atoms with Crippen molar-refractivity contribution < 1.29 is 53.5 Å². The molecule has 15 heteroatoms. The van der Waals surface area contributed by atoms with E-state index in [0.717, 1.165) is 10.5 Å². The van der Waals surface area contributed by atoms with Gasteiger partial charge >= 0.3 is 23.9 Å². The zero-order valence-electron chi connectivity index (χ0n) is 27.6. The average molecular weight is 711 g/mol. The van der Waals surface area contributed by atoms with E-state index in [9.17, 15) is 39.3 Å². The summed E-state index contributed by atoms with van der Waals surface area (Å²) >= 11 is 0. The number of aromatic carboxylic acids is 1. The van der Waals surface area contributed by atoms with Crippen LogP contribution >= 0.6 is 0 Å². The number of guanidine groups is 1. The van der Waals surface area contributed by atoms with Gasteiger partial charge in [-0.3, -0.25) is 9.59 Å². The van der Waals surface area contributed by atoms with Crippen LogP contribution in [0.15, 0.2) is 89.9 Å². The van der Waals surface area contributed by atoms with E-state index in [1.54, 1.807) is 18.2 Å². The van der Waals surface area contributed by atoms with Gasteiger partial charge < -0.3 is 45.9 Å². The number of nitrogens with zero attached hydrogens (tertiary/aromatic N) is 2. The molecule has 1 atom stereocenters. The lowest BCUT2D eigenvalue weighted by atomic mass is 10.0. The minimum Gasteiger partial charge on any atom is -0.489 e. The van der Waals surface area contributed by atoms with Crippen LogP contribution < -0.4 is 25.7 Å². The zero-order chi connectivity index (χ0) is 37.4. The van der Waals surface area contributed by atoms with Crippen LogP contribution in [0.1, 0.15) is 60.6 Å². The van der Waals surface area contributed by atoms with E-state index in [2.05, 4.69) is 4.99 Å². The number of aliphatic imine (C=N–C) groups is 1. The number of amides is 1. The Labute approximate surface area is 296 Å². The summed E-state index contributed by atoms with van der Waals surface area (Å²) in [5.41, 5.74) is 12.7. The molecule has 1 aliphatic rings. The number of nitrogens with two attached hydrogens (primary N) is 2. The monoisotopic (exact) mass is 710 g/mol. The van der Waals surface area contributed by atoms with Gasteiger partial charge in [0.25, 0.3) is 5.91 Å². The Balaban J connectivity index is 1.53. The molecule has 0 saturated heterocycles. The van der Waals surface area contributed by atoms with Gasteiger partial charge in [-0.2, -0.15) is 0 Å². The molecule has 0 radical (unpaired) electrons. The van der Waals surface area contributed by atoms with Crippen molar-refractivity contribution in [3.8, 4) is 17.2 Å². The summed E-state index contributed by atoms with van der Waals surface area (Å²) in [5, 5.41) is 29.6. The highest BCUT2D eigenvalue weighted by Crippen LogP contribution is 2.35. The maximum atomic E-state index is 14.4. The molecule has 0 aromatic heterocycles. The number of carboxylic acid groups (broad SMARTS) is 3. The van der Waals surface area contributed by atoms with Gasteiger partial charge in [0, 0.05) is 6.54 Å². The van der Waals surface area contributed by atoms with Crippen LogP contribution in [0.2, 0.25) is 0 Å². The number of benzene rings is 4. The zero-order valence-corrected chi connectivity index (χ0v) is 27.6. The van der Waals surface area contributed by atoms with Crippen molar-refractivity contribution in [3.05, 3.63) is 118 Å². The van der Waals surface area contributed by atoms with E-state index in [1.807, 2.05) is 18.2 Å². The van der Waals surface area contributed by atoms with Crippen LogP contribution in [0, 0.1) is 0 Å². The Kier molecular flexibility index (Phi) is 11.3. The first kappa shape index (κ1) is 36.4. The van der Waals surface area contributed by atoms with E-state index in [-0.39, 0.29) is 58.7 Å². The fraction of sp³-hybridized carbons (Fsp3) is 0.189. The molecule has 0 saturated carbocycles. The van der Waals surface area contributed by atoms with Crippen molar-refractivity contribution >= 4 is 41.4 Å². The standard InChI is InChI=1S/C37H34N4O11/c38-37(39)40-25-11-12-27-23(16-25)8-5-13-50-32-28(9-4-10-30(32)52-36(27)49)33(44)41(29(35(47)48)18-31(42)43)19-22-14-24(34(45)46)17-26(15-22)51-20-21-6-2-1-3-7-21/h1-4,6-7,9-12,14-17,29H,5,8,13,18-20H2,(H,42,43)(H,45,46)(H,47,48)(H4,38,39,40). The molecular weight excluding hydrogens is 676 g/mol. The van der Waals surface area contributed by atoms with Crippen LogP contribution in [-0.4, -0.2) is 68.6 Å². The summed E-state index contributed by atoms with van der Waals surface area (Å²) in [6, 6.07) is 19.9. The highest BCUT2D eigenvalue weighted by atomic mass is 16.6. The highest BCUT2D eigenvalue weighted by Gasteiger charge is 2.35. The molecule has 4 aromatic rings. The van der Waals surface area contributed by atoms with Crippen molar-refractivity contribution in [2.45, 2.75) is 38.5 Å². The molecule has 1 unspecified atom stereocenters. The molecule has 0 spiro atoms. The van der Waals surface area contributed by atoms with Gasteiger partial charge in [0.05, 0.1) is 35.4 Å². The number of carbonyl (C=O) groups excluding carboxylic acids is 2. The third-order valence-electron chi connectivity index (χ3n) is 7.92. The van der Waals surface area contributed by atoms with Gasteiger partial charge in [-0.25, -0.2) is 19.4 Å².